The van der Waals surface area contributed by atoms with Crippen LogP contribution in [0.25, 0.3) is 0 Å². The van der Waals surface area contributed by atoms with Crippen molar-refractivity contribution in [1.82, 2.24) is 0 Å². The maximum Gasteiger partial charge on any atom is 0.328 e. The van der Waals surface area contributed by atoms with E-state index in [-0.39, 0.29) is 0 Å². The molecule has 0 saturated carbocycles. The Hall–Kier alpha value is -1.32. The zero-order chi connectivity index (χ0) is 12.0. The van der Waals surface area contributed by atoms with Gasteiger partial charge in [-0.1, -0.05) is 23.7 Å². The number of aliphatic carboxylic acids is 1. The molecule has 0 aliphatic rings. The molecule has 1 aromatic carbocycles. The molecule has 0 atom stereocenters. The van der Waals surface area contributed by atoms with Crippen molar-refractivity contribution in [2.45, 2.75) is 13.5 Å². The molecule has 0 spiro atoms. The van der Waals surface area contributed by atoms with Gasteiger partial charge >= 0.3 is 5.97 Å². The molecule has 0 bridgehead atoms. The largest absolute Gasteiger partial charge is 0.478 e. The molecule has 0 aromatic heterocycles. The standard InChI is InChI=1S/C12H13ClO3/c1-9(6-12(14)15)7-16-8-10-2-4-11(13)5-3-10/h2-6H,7-8H2,1H3,(H,14,15). The van der Waals surface area contributed by atoms with Crippen LogP contribution in [0.1, 0.15) is 12.5 Å². The zero-order valence-electron chi connectivity index (χ0n) is 8.94. The van der Waals surface area contributed by atoms with Crippen molar-refractivity contribution in [2.24, 2.45) is 0 Å². The molecule has 1 rings (SSSR count). The summed E-state index contributed by atoms with van der Waals surface area (Å²) in [5.74, 6) is -0.951. The second-order valence-electron chi connectivity index (χ2n) is 3.45. The Morgan fingerprint density at radius 2 is 2.06 bits per heavy atom. The molecule has 1 N–H and O–H groups in total. The first-order chi connectivity index (χ1) is 7.58. The first-order valence-electron chi connectivity index (χ1n) is 4.80. The minimum absolute atomic E-state index is 0.314. The average molecular weight is 241 g/mol. The van der Waals surface area contributed by atoms with Gasteiger partial charge in [0.2, 0.25) is 0 Å². The fourth-order valence-electron chi connectivity index (χ4n) is 1.16. The average Bonchev–Trinajstić information content (AvgIpc) is 2.20. The third-order valence-corrected chi connectivity index (χ3v) is 2.13. The summed E-state index contributed by atoms with van der Waals surface area (Å²) in [6.45, 7) is 2.48. The summed E-state index contributed by atoms with van der Waals surface area (Å²) < 4.78 is 5.35. The van der Waals surface area contributed by atoms with Crippen LogP contribution in [0.15, 0.2) is 35.9 Å². The Kier molecular flexibility index (Phi) is 5.02. The van der Waals surface area contributed by atoms with Gasteiger partial charge in [0, 0.05) is 11.1 Å². The van der Waals surface area contributed by atoms with Gasteiger partial charge in [0.05, 0.1) is 13.2 Å². The highest BCUT2D eigenvalue weighted by Gasteiger charge is 1.96. The van der Waals surface area contributed by atoms with Gasteiger partial charge < -0.3 is 9.84 Å². The van der Waals surface area contributed by atoms with Gasteiger partial charge in [0.25, 0.3) is 0 Å². The number of halogens is 1. The summed E-state index contributed by atoms with van der Waals surface area (Å²) in [5.41, 5.74) is 1.69. The first kappa shape index (κ1) is 12.7. The summed E-state index contributed by atoms with van der Waals surface area (Å²) in [5, 5.41) is 9.17. The van der Waals surface area contributed by atoms with Crippen molar-refractivity contribution in [3.8, 4) is 0 Å². The molecule has 0 fully saturated rings. The van der Waals surface area contributed by atoms with Gasteiger partial charge in [-0.15, -0.1) is 0 Å². The van der Waals surface area contributed by atoms with Gasteiger partial charge in [-0.05, 0) is 30.2 Å². The number of carboxylic acid groups (broad SMARTS) is 1. The lowest BCUT2D eigenvalue weighted by atomic mass is 10.2. The highest BCUT2D eigenvalue weighted by Crippen LogP contribution is 2.10. The second kappa shape index (κ2) is 6.30. The number of hydrogen-bond acceptors (Lipinski definition) is 2. The lowest BCUT2D eigenvalue weighted by Gasteiger charge is -2.04. The fourth-order valence-corrected chi connectivity index (χ4v) is 1.29. The molecule has 0 radical (unpaired) electrons. The van der Waals surface area contributed by atoms with Crippen molar-refractivity contribution in [2.75, 3.05) is 6.61 Å². The zero-order valence-corrected chi connectivity index (χ0v) is 9.70. The van der Waals surface area contributed by atoms with E-state index in [9.17, 15) is 4.79 Å². The summed E-state index contributed by atoms with van der Waals surface area (Å²) in [7, 11) is 0. The predicted octanol–water partition coefficient (Wildman–Crippen LogP) is 2.89. The van der Waals surface area contributed by atoms with E-state index in [1.165, 1.54) is 0 Å². The molecule has 0 heterocycles. The normalized spacial score (nSPS) is 11.5. The summed E-state index contributed by atoms with van der Waals surface area (Å²) >= 11 is 5.74. The van der Waals surface area contributed by atoms with Crippen LogP contribution < -0.4 is 0 Å². The molecule has 0 saturated heterocycles. The maximum absolute atomic E-state index is 10.3. The van der Waals surface area contributed by atoms with Crippen LogP contribution >= 0.6 is 11.6 Å². The Balaban J connectivity index is 2.36. The number of hydrogen-bond donors (Lipinski definition) is 1. The molecular weight excluding hydrogens is 228 g/mol. The number of benzene rings is 1. The molecule has 0 amide bonds. The van der Waals surface area contributed by atoms with Crippen molar-refractivity contribution >= 4 is 17.6 Å². The molecule has 0 aliphatic heterocycles. The summed E-state index contributed by atoms with van der Waals surface area (Å²) in [6, 6.07) is 7.33. The van der Waals surface area contributed by atoms with E-state index < -0.39 is 5.97 Å². The SMILES string of the molecule is CC(=CC(=O)O)COCc1ccc(Cl)cc1. The van der Waals surface area contributed by atoms with Crippen LogP contribution in [0, 0.1) is 0 Å². The first-order valence-corrected chi connectivity index (χ1v) is 5.18. The van der Waals surface area contributed by atoms with E-state index >= 15 is 0 Å². The number of carbonyl (C=O) groups is 1. The number of rotatable bonds is 5. The van der Waals surface area contributed by atoms with Crippen molar-refractivity contribution in [3.05, 3.63) is 46.5 Å². The molecule has 4 heteroatoms. The van der Waals surface area contributed by atoms with Crippen molar-refractivity contribution in [3.63, 3.8) is 0 Å². The second-order valence-corrected chi connectivity index (χ2v) is 3.88. The van der Waals surface area contributed by atoms with E-state index in [2.05, 4.69) is 0 Å². The highest BCUT2D eigenvalue weighted by atomic mass is 35.5. The summed E-state index contributed by atoms with van der Waals surface area (Å²) in [6.07, 6.45) is 1.14. The van der Waals surface area contributed by atoms with Gasteiger partial charge in [-0.2, -0.15) is 0 Å². The Morgan fingerprint density at radius 3 is 2.62 bits per heavy atom. The smallest absolute Gasteiger partial charge is 0.328 e. The van der Waals surface area contributed by atoms with Crippen LogP contribution in [0.2, 0.25) is 5.02 Å². The van der Waals surface area contributed by atoms with Gasteiger partial charge in [0.1, 0.15) is 0 Å². The molecule has 0 unspecified atom stereocenters. The predicted molar refractivity (Wildman–Crippen MR) is 62.5 cm³/mol. The van der Waals surface area contributed by atoms with Crippen LogP contribution in [0.4, 0.5) is 0 Å². The lowest BCUT2D eigenvalue weighted by molar-refractivity contribution is -0.131. The summed E-state index contributed by atoms with van der Waals surface area (Å²) in [4.78, 5) is 10.3. The maximum atomic E-state index is 10.3. The van der Waals surface area contributed by atoms with E-state index in [1.54, 1.807) is 19.1 Å². The molecule has 16 heavy (non-hydrogen) atoms. The van der Waals surface area contributed by atoms with E-state index in [4.69, 9.17) is 21.4 Å². The van der Waals surface area contributed by atoms with Gasteiger partial charge in [0.15, 0.2) is 0 Å². The third kappa shape index (κ3) is 4.96. The Labute approximate surface area is 99.3 Å². The molecule has 1 aromatic rings. The third-order valence-electron chi connectivity index (χ3n) is 1.88. The topological polar surface area (TPSA) is 46.5 Å². The number of ether oxygens (including phenoxy) is 1. The Bertz CT molecular complexity index is 382. The lowest BCUT2D eigenvalue weighted by Crippen LogP contribution is -1.99. The van der Waals surface area contributed by atoms with Gasteiger partial charge in [-0.25, -0.2) is 4.79 Å². The van der Waals surface area contributed by atoms with Crippen LogP contribution in [-0.4, -0.2) is 17.7 Å². The van der Waals surface area contributed by atoms with Crippen LogP contribution in [0.5, 0.6) is 0 Å². The van der Waals surface area contributed by atoms with Gasteiger partial charge in [-0.3, -0.25) is 0 Å². The quantitative estimate of drug-likeness (QED) is 0.805. The minimum Gasteiger partial charge on any atom is -0.478 e. The van der Waals surface area contributed by atoms with E-state index in [0.717, 1.165) is 11.6 Å². The molecule has 0 aliphatic carbocycles. The van der Waals surface area contributed by atoms with Crippen LogP contribution in [-0.2, 0) is 16.1 Å². The van der Waals surface area contributed by atoms with E-state index in [1.807, 2.05) is 12.1 Å². The fraction of sp³-hybridized carbons (Fsp3) is 0.250. The number of carboxylic acids is 1. The highest BCUT2D eigenvalue weighted by molar-refractivity contribution is 6.30. The molecular formula is C12H13ClO3. The van der Waals surface area contributed by atoms with E-state index in [0.29, 0.717) is 23.8 Å². The molecule has 3 nitrogen and oxygen atoms in total. The minimum atomic E-state index is -0.951. The van der Waals surface area contributed by atoms with Crippen LogP contribution in [0.3, 0.4) is 0 Å². The Morgan fingerprint density at radius 1 is 1.44 bits per heavy atom. The monoisotopic (exact) mass is 240 g/mol. The molecule has 86 valence electrons. The van der Waals surface area contributed by atoms with Crippen molar-refractivity contribution in [1.29, 1.82) is 0 Å². The van der Waals surface area contributed by atoms with Crippen molar-refractivity contribution < 1.29 is 14.6 Å².